The Labute approximate surface area is 99.5 Å². The van der Waals surface area contributed by atoms with Crippen molar-refractivity contribution in [3.8, 4) is 0 Å². The fourth-order valence-corrected chi connectivity index (χ4v) is 1.41. The van der Waals surface area contributed by atoms with Crippen LogP contribution in [0.15, 0.2) is 16.9 Å². The second-order valence-electron chi connectivity index (χ2n) is 3.15. The number of carboxylic acids is 2. The topological polar surface area (TPSA) is 100 Å². The van der Waals surface area contributed by atoms with E-state index in [2.05, 4.69) is 25.9 Å². The number of hydrogen-bond donors (Lipinski definition) is 2. The van der Waals surface area contributed by atoms with E-state index >= 15 is 0 Å². The van der Waals surface area contributed by atoms with Gasteiger partial charge in [-0.1, -0.05) is 0 Å². The van der Waals surface area contributed by atoms with E-state index in [1.807, 2.05) is 0 Å². The Kier molecular flexibility index (Phi) is 4.36. The van der Waals surface area contributed by atoms with Crippen LogP contribution in [0.25, 0.3) is 0 Å². The molecule has 0 fully saturated rings. The molecule has 0 aliphatic rings. The van der Waals surface area contributed by atoms with Gasteiger partial charge in [-0.2, -0.15) is 0 Å². The molecule has 16 heavy (non-hydrogen) atoms. The minimum Gasteiger partial charge on any atom is -0.481 e. The first-order valence-corrected chi connectivity index (χ1v) is 5.19. The molecule has 0 saturated carbocycles. The maximum atomic E-state index is 10.6. The monoisotopic (exact) mass is 288 g/mol. The Balaban J connectivity index is 2.86. The van der Waals surface area contributed by atoms with Crippen molar-refractivity contribution < 1.29 is 19.8 Å². The summed E-state index contributed by atoms with van der Waals surface area (Å²) in [7, 11) is 0. The molecule has 0 saturated heterocycles. The summed E-state index contributed by atoms with van der Waals surface area (Å²) in [6, 6.07) is 0. The number of halogens is 1. The van der Waals surface area contributed by atoms with E-state index in [0.717, 1.165) is 0 Å². The quantitative estimate of drug-likeness (QED) is 0.846. The smallest absolute Gasteiger partial charge is 0.304 e. The van der Waals surface area contributed by atoms with Crippen LogP contribution in [0.4, 0.5) is 0 Å². The van der Waals surface area contributed by atoms with Crippen molar-refractivity contribution in [1.82, 2.24) is 9.97 Å². The number of aliphatic carboxylic acids is 2. The van der Waals surface area contributed by atoms with Crippen LogP contribution >= 0.6 is 15.9 Å². The van der Waals surface area contributed by atoms with E-state index in [1.165, 1.54) is 12.4 Å². The van der Waals surface area contributed by atoms with Crippen molar-refractivity contribution in [2.45, 2.75) is 18.8 Å². The van der Waals surface area contributed by atoms with E-state index in [-0.39, 0.29) is 18.7 Å². The number of aromatic nitrogens is 2. The summed E-state index contributed by atoms with van der Waals surface area (Å²) in [5.74, 6) is -2.62. The fraction of sp³-hybridized carbons (Fsp3) is 0.333. The lowest BCUT2D eigenvalue weighted by Gasteiger charge is -2.10. The molecule has 0 bridgehead atoms. The first kappa shape index (κ1) is 12.6. The van der Waals surface area contributed by atoms with E-state index in [9.17, 15) is 9.59 Å². The van der Waals surface area contributed by atoms with Crippen LogP contribution < -0.4 is 0 Å². The van der Waals surface area contributed by atoms with Crippen molar-refractivity contribution in [3.05, 3.63) is 22.7 Å². The Morgan fingerprint density at radius 3 is 2.00 bits per heavy atom. The molecule has 1 heterocycles. The molecule has 0 atom stereocenters. The molecule has 0 aliphatic carbocycles. The molecular weight excluding hydrogens is 280 g/mol. The maximum Gasteiger partial charge on any atom is 0.304 e. The maximum absolute atomic E-state index is 10.6. The summed E-state index contributed by atoms with van der Waals surface area (Å²) >= 11 is 3.14. The fourth-order valence-electron chi connectivity index (χ4n) is 1.21. The second kappa shape index (κ2) is 5.55. The molecule has 0 amide bonds. The lowest BCUT2D eigenvalue weighted by atomic mass is 10.0. The van der Waals surface area contributed by atoms with Gasteiger partial charge in [0, 0.05) is 18.3 Å². The van der Waals surface area contributed by atoms with Crippen LogP contribution in [0.2, 0.25) is 0 Å². The Bertz CT molecular complexity index is 377. The van der Waals surface area contributed by atoms with E-state index in [1.54, 1.807) is 0 Å². The summed E-state index contributed by atoms with van der Waals surface area (Å²) in [6.45, 7) is 0. The largest absolute Gasteiger partial charge is 0.481 e. The average Bonchev–Trinajstić information content (AvgIpc) is 2.16. The zero-order chi connectivity index (χ0) is 12.1. The highest BCUT2D eigenvalue weighted by Crippen LogP contribution is 2.20. The van der Waals surface area contributed by atoms with Gasteiger partial charge in [-0.05, 0) is 15.9 Å². The van der Waals surface area contributed by atoms with Gasteiger partial charge in [0.25, 0.3) is 0 Å². The molecular formula is C9H9BrN2O4. The van der Waals surface area contributed by atoms with Crippen molar-refractivity contribution in [2.24, 2.45) is 0 Å². The van der Waals surface area contributed by atoms with E-state index in [0.29, 0.717) is 4.47 Å². The molecule has 1 rings (SSSR count). The minimum atomic E-state index is -1.07. The summed E-state index contributed by atoms with van der Waals surface area (Å²) < 4.78 is 0.653. The molecule has 0 unspecified atom stereocenters. The van der Waals surface area contributed by atoms with Crippen LogP contribution in [0, 0.1) is 0 Å². The molecule has 0 aromatic carbocycles. The standard InChI is InChI=1S/C9H9BrN2O4/c10-6-3-11-9(12-4-6)5(1-7(13)14)2-8(15)16/h3-5H,1-2H2,(H,13,14)(H,15,16). The minimum absolute atomic E-state index is 0.230. The lowest BCUT2D eigenvalue weighted by molar-refractivity contribution is -0.139. The zero-order valence-electron chi connectivity index (χ0n) is 8.13. The van der Waals surface area contributed by atoms with Gasteiger partial charge in [-0.15, -0.1) is 0 Å². The third-order valence-corrected chi connectivity index (χ3v) is 2.26. The summed E-state index contributed by atoms with van der Waals surface area (Å²) in [5, 5.41) is 17.3. The number of hydrogen-bond acceptors (Lipinski definition) is 4. The van der Waals surface area contributed by atoms with Gasteiger partial charge in [0.05, 0.1) is 17.3 Å². The molecule has 1 aromatic rings. The predicted octanol–water partition coefficient (Wildman–Crippen LogP) is 1.27. The SMILES string of the molecule is O=C(O)CC(CC(=O)O)c1ncc(Br)cn1. The molecule has 0 aliphatic heterocycles. The normalized spacial score (nSPS) is 10.4. The summed E-state index contributed by atoms with van der Waals surface area (Å²) in [4.78, 5) is 28.9. The molecule has 86 valence electrons. The van der Waals surface area contributed by atoms with Gasteiger partial charge >= 0.3 is 11.9 Å². The van der Waals surface area contributed by atoms with Gasteiger partial charge in [0.1, 0.15) is 5.82 Å². The molecule has 6 nitrogen and oxygen atoms in total. The van der Waals surface area contributed by atoms with E-state index < -0.39 is 17.9 Å². The zero-order valence-corrected chi connectivity index (χ0v) is 9.72. The van der Waals surface area contributed by atoms with Crippen molar-refractivity contribution in [2.75, 3.05) is 0 Å². The predicted molar refractivity (Wildman–Crippen MR) is 57.0 cm³/mol. The average molecular weight is 289 g/mol. The van der Waals surface area contributed by atoms with Crippen molar-refractivity contribution in [3.63, 3.8) is 0 Å². The Hall–Kier alpha value is -1.50. The van der Waals surface area contributed by atoms with Crippen molar-refractivity contribution >= 4 is 27.9 Å². The number of carbonyl (C=O) groups is 2. The molecule has 7 heteroatoms. The number of rotatable bonds is 5. The van der Waals surface area contributed by atoms with Crippen LogP contribution in [0.5, 0.6) is 0 Å². The van der Waals surface area contributed by atoms with Gasteiger partial charge in [0.2, 0.25) is 0 Å². The third kappa shape index (κ3) is 3.93. The highest BCUT2D eigenvalue weighted by Gasteiger charge is 2.21. The Morgan fingerprint density at radius 1 is 1.19 bits per heavy atom. The lowest BCUT2D eigenvalue weighted by Crippen LogP contribution is -2.13. The highest BCUT2D eigenvalue weighted by atomic mass is 79.9. The van der Waals surface area contributed by atoms with Crippen LogP contribution in [-0.4, -0.2) is 32.1 Å². The number of carboxylic acid groups (broad SMARTS) is 2. The molecule has 0 spiro atoms. The number of nitrogens with zero attached hydrogens (tertiary/aromatic N) is 2. The van der Waals surface area contributed by atoms with E-state index in [4.69, 9.17) is 10.2 Å². The van der Waals surface area contributed by atoms with Gasteiger partial charge in [-0.25, -0.2) is 9.97 Å². The first-order chi connectivity index (χ1) is 7.49. The van der Waals surface area contributed by atoms with Gasteiger partial charge in [-0.3, -0.25) is 9.59 Å². The van der Waals surface area contributed by atoms with Gasteiger partial charge in [0.15, 0.2) is 0 Å². The Morgan fingerprint density at radius 2 is 1.62 bits per heavy atom. The second-order valence-corrected chi connectivity index (χ2v) is 4.07. The van der Waals surface area contributed by atoms with Crippen LogP contribution in [0.1, 0.15) is 24.6 Å². The molecule has 0 radical (unpaired) electrons. The third-order valence-electron chi connectivity index (χ3n) is 1.85. The molecule has 2 N–H and O–H groups in total. The first-order valence-electron chi connectivity index (χ1n) is 4.40. The highest BCUT2D eigenvalue weighted by molar-refractivity contribution is 9.10. The van der Waals surface area contributed by atoms with Crippen LogP contribution in [0.3, 0.4) is 0 Å². The summed E-state index contributed by atoms with van der Waals surface area (Å²) in [5.41, 5.74) is 0. The van der Waals surface area contributed by atoms with Crippen molar-refractivity contribution in [1.29, 1.82) is 0 Å². The van der Waals surface area contributed by atoms with Crippen LogP contribution in [-0.2, 0) is 9.59 Å². The summed E-state index contributed by atoms with van der Waals surface area (Å²) in [6.07, 6.45) is 2.32. The van der Waals surface area contributed by atoms with Gasteiger partial charge < -0.3 is 10.2 Å². The molecule has 1 aromatic heterocycles.